The summed E-state index contributed by atoms with van der Waals surface area (Å²) in [5, 5.41) is 19.9. The molecule has 8 heteroatoms. The number of aliphatic hydroxyl groups excluding tert-OH is 1. The molecule has 3 rings (SSSR count). The zero-order chi connectivity index (χ0) is 22.5. The lowest BCUT2D eigenvalue weighted by Gasteiger charge is -2.26. The van der Waals surface area contributed by atoms with Gasteiger partial charge in [0.05, 0.1) is 25.8 Å². The molecule has 1 unspecified atom stereocenters. The number of Topliss-reactive ketones (excluding diaryl/α,β-unsaturated/α-hetero) is 1. The number of carboxylic acid groups (broad SMARTS) is 1. The zero-order valence-electron chi connectivity index (χ0n) is 17.2. The van der Waals surface area contributed by atoms with Gasteiger partial charge in [-0.05, 0) is 18.6 Å². The predicted octanol–water partition coefficient (Wildman–Crippen LogP) is 2.99. The van der Waals surface area contributed by atoms with Crippen LogP contribution in [0.1, 0.15) is 30.0 Å². The maximum Gasteiger partial charge on any atom is 0.303 e. The van der Waals surface area contributed by atoms with Gasteiger partial charge in [0.25, 0.3) is 11.7 Å². The Morgan fingerprint density at radius 2 is 1.74 bits per heavy atom. The summed E-state index contributed by atoms with van der Waals surface area (Å²) in [6.07, 6.45) is -0.00312. The molecule has 2 aromatic carbocycles. The van der Waals surface area contributed by atoms with E-state index in [9.17, 15) is 19.5 Å². The lowest BCUT2D eigenvalue weighted by molar-refractivity contribution is -0.140. The van der Waals surface area contributed by atoms with Crippen molar-refractivity contribution in [2.24, 2.45) is 0 Å². The molecule has 1 fully saturated rings. The second kappa shape index (κ2) is 9.34. The van der Waals surface area contributed by atoms with Gasteiger partial charge in [-0.15, -0.1) is 0 Å². The molecule has 1 aliphatic heterocycles. The fraction of sp³-hybridized carbons (Fsp3) is 0.261. The number of carbonyl (C=O) groups is 3. The van der Waals surface area contributed by atoms with Gasteiger partial charge in [0.1, 0.15) is 17.3 Å². The lowest BCUT2D eigenvalue weighted by atomic mass is 9.94. The van der Waals surface area contributed by atoms with Gasteiger partial charge in [0.2, 0.25) is 0 Å². The minimum atomic E-state index is -1.00. The van der Waals surface area contributed by atoms with E-state index in [0.29, 0.717) is 22.6 Å². The van der Waals surface area contributed by atoms with Crippen LogP contribution < -0.4 is 9.47 Å². The van der Waals surface area contributed by atoms with Gasteiger partial charge in [-0.2, -0.15) is 0 Å². The molecule has 1 amide bonds. The second-order valence-corrected chi connectivity index (χ2v) is 6.96. The van der Waals surface area contributed by atoms with Gasteiger partial charge in [-0.25, -0.2) is 0 Å². The van der Waals surface area contributed by atoms with Crippen LogP contribution in [0.4, 0.5) is 0 Å². The summed E-state index contributed by atoms with van der Waals surface area (Å²) in [6, 6.07) is 12.5. The Balaban J connectivity index is 2.16. The Hall–Kier alpha value is -3.81. The Labute approximate surface area is 179 Å². The van der Waals surface area contributed by atoms with E-state index >= 15 is 0 Å². The van der Waals surface area contributed by atoms with Crippen LogP contribution in [0.2, 0.25) is 0 Å². The van der Waals surface area contributed by atoms with Gasteiger partial charge >= 0.3 is 5.97 Å². The van der Waals surface area contributed by atoms with Gasteiger partial charge in [-0.3, -0.25) is 14.4 Å². The maximum absolute atomic E-state index is 12.9. The summed E-state index contributed by atoms with van der Waals surface area (Å²) in [7, 11) is 2.95. The molecule has 2 aromatic rings. The molecule has 1 aliphatic rings. The molecule has 1 heterocycles. The van der Waals surface area contributed by atoms with Crippen molar-refractivity contribution < 1.29 is 34.1 Å². The Kier molecular flexibility index (Phi) is 6.59. The number of rotatable bonds is 8. The third-order valence-corrected chi connectivity index (χ3v) is 5.11. The summed E-state index contributed by atoms with van der Waals surface area (Å²) in [5.74, 6) is -2.05. The highest BCUT2D eigenvalue weighted by Crippen LogP contribution is 2.43. The van der Waals surface area contributed by atoms with Gasteiger partial charge < -0.3 is 24.6 Å². The van der Waals surface area contributed by atoms with Gasteiger partial charge in [0, 0.05) is 30.2 Å². The quantitative estimate of drug-likeness (QED) is 0.380. The van der Waals surface area contributed by atoms with Crippen molar-refractivity contribution >= 4 is 23.4 Å². The number of ether oxygens (including phenoxy) is 2. The molecule has 0 saturated carbocycles. The first-order chi connectivity index (χ1) is 14.9. The average molecular weight is 425 g/mol. The highest BCUT2D eigenvalue weighted by molar-refractivity contribution is 6.46. The average Bonchev–Trinajstić information content (AvgIpc) is 3.03. The van der Waals surface area contributed by atoms with Crippen molar-refractivity contribution in [1.82, 2.24) is 4.90 Å². The topological polar surface area (TPSA) is 113 Å². The molecule has 0 bridgehead atoms. The van der Waals surface area contributed by atoms with Crippen molar-refractivity contribution in [3.05, 3.63) is 65.2 Å². The van der Waals surface area contributed by atoms with Crippen LogP contribution in [-0.2, 0) is 14.4 Å². The monoisotopic (exact) mass is 425 g/mol. The molecule has 0 aromatic heterocycles. The first-order valence-corrected chi connectivity index (χ1v) is 9.66. The number of hydrogen-bond donors (Lipinski definition) is 2. The Morgan fingerprint density at radius 3 is 2.35 bits per heavy atom. The molecule has 1 saturated heterocycles. The number of aliphatic carboxylic acids is 1. The highest BCUT2D eigenvalue weighted by atomic mass is 16.5. The minimum Gasteiger partial charge on any atom is -0.507 e. The van der Waals surface area contributed by atoms with E-state index in [0.717, 1.165) is 0 Å². The Bertz CT molecular complexity index is 1030. The summed E-state index contributed by atoms with van der Waals surface area (Å²) < 4.78 is 10.7. The van der Waals surface area contributed by atoms with E-state index in [-0.39, 0.29) is 30.7 Å². The van der Waals surface area contributed by atoms with Crippen LogP contribution in [0.15, 0.2) is 54.1 Å². The van der Waals surface area contributed by atoms with Crippen LogP contribution in [-0.4, -0.2) is 53.5 Å². The summed E-state index contributed by atoms with van der Waals surface area (Å²) in [6.45, 7) is 0.0301. The molecule has 1 atom stereocenters. The van der Waals surface area contributed by atoms with Crippen molar-refractivity contribution in [1.29, 1.82) is 0 Å². The number of aliphatic hydroxyl groups is 1. The number of carboxylic acids is 1. The van der Waals surface area contributed by atoms with Crippen LogP contribution in [0.3, 0.4) is 0 Å². The normalized spacial score (nSPS) is 17.6. The fourth-order valence-corrected chi connectivity index (χ4v) is 3.63. The molecule has 2 N–H and O–H groups in total. The van der Waals surface area contributed by atoms with E-state index in [1.807, 2.05) is 0 Å². The third kappa shape index (κ3) is 4.37. The van der Waals surface area contributed by atoms with Crippen LogP contribution >= 0.6 is 0 Å². The first kappa shape index (κ1) is 21.9. The summed E-state index contributed by atoms with van der Waals surface area (Å²) in [4.78, 5) is 38.0. The molecular weight excluding hydrogens is 402 g/mol. The number of likely N-dealkylation sites (tertiary alicyclic amines) is 1. The number of nitrogens with zero attached hydrogens (tertiary/aromatic N) is 1. The second-order valence-electron chi connectivity index (χ2n) is 6.96. The van der Waals surface area contributed by atoms with Gasteiger partial charge in [-0.1, -0.05) is 30.3 Å². The van der Waals surface area contributed by atoms with Crippen LogP contribution in [0.5, 0.6) is 11.5 Å². The molecule has 31 heavy (non-hydrogen) atoms. The first-order valence-electron chi connectivity index (χ1n) is 9.66. The Morgan fingerprint density at radius 1 is 1.03 bits per heavy atom. The predicted molar refractivity (Wildman–Crippen MR) is 112 cm³/mol. The minimum absolute atomic E-state index is 0.0301. The van der Waals surface area contributed by atoms with Crippen molar-refractivity contribution in [2.45, 2.75) is 18.9 Å². The fourth-order valence-electron chi connectivity index (χ4n) is 3.63. The largest absolute Gasteiger partial charge is 0.507 e. The van der Waals surface area contributed by atoms with Crippen LogP contribution in [0.25, 0.3) is 5.76 Å². The number of methoxy groups -OCH3 is 2. The van der Waals surface area contributed by atoms with E-state index in [1.54, 1.807) is 48.5 Å². The zero-order valence-corrected chi connectivity index (χ0v) is 17.2. The van der Waals surface area contributed by atoms with Gasteiger partial charge in [0.15, 0.2) is 0 Å². The van der Waals surface area contributed by atoms with Crippen molar-refractivity contribution in [3.63, 3.8) is 0 Å². The van der Waals surface area contributed by atoms with E-state index in [1.165, 1.54) is 19.1 Å². The van der Waals surface area contributed by atoms with Crippen LogP contribution in [0, 0.1) is 0 Å². The SMILES string of the molecule is COc1ccc(C2/C(=C(\O)c3ccccc3)C(=O)C(=O)N2CCCC(=O)O)c(OC)c1. The number of hydrogen-bond acceptors (Lipinski definition) is 6. The third-order valence-electron chi connectivity index (χ3n) is 5.11. The summed E-state index contributed by atoms with van der Waals surface area (Å²) >= 11 is 0. The van der Waals surface area contributed by atoms with E-state index in [4.69, 9.17) is 14.6 Å². The maximum atomic E-state index is 12.9. The molecule has 0 radical (unpaired) electrons. The number of carbonyl (C=O) groups excluding carboxylic acids is 2. The van der Waals surface area contributed by atoms with E-state index in [2.05, 4.69) is 0 Å². The molecule has 0 aliphatic carbocycles. The lowest BCUT2D eigenvalue weighted by Crippen LogP contribution is -2.31. The standard InChI is InChI=1S/C23H23NO7/c1-30-15-10-11-16(17(13-15)31-2)20-19(21(27)14-7-4-3-5-8-14)22(28)23(29)24(20)12-6-9-18(25)26/h3-5,7-8,10-11,13,20,27H,6,9,12H2,1-2H3,(H,25,26)/b21-19+. The number of amides is 1. The molecular formula is C23H23NO7. The number of ketones is 1. The summed E-state index contributed by atoms with van der Waals surface area (Å²) in [5.41, 5.74) is 0.800. The highest BCUT2D eigenvalue weighted by Gasteiger charge is 2.46. The van der Waals surface area contributed by atoms with Crippen molar-refractivity contribution in [3.8, 4) is 11.5 Å². The van der Waals surface area contributed by atoms with E-state index < -0.39 is 23.7 Å². The van der Waals surface area contributed by atoms with Crippen molar-refractivity contribution in [2.75, 3.05) is 20.8 Å². The molecule has 162 valence electrons. The molecule has 8 nitrogen and oxygen atoms in total. The smallest absolute Gasteiger partial charge is 0.303 e. The molecule has 0 spiro atoms. The number of benzene rings is 2.